The van der Waals surface area contributed by atoms with Crippen LogP contribution in [-0.2, 0) is 0 Å². The summed E-state index contributed by atoms with van der Waals surface area (Å²) in [6, 6.07) is 23.4. The number of hydrogen-bond acceptors (Lipinski definition) is 6. The Morgan fingerprint density at radius 2 is 1.06 bits per heavy atom. The zero-order valence-electron chi connectivity index (χ0n) is 38.5. The smallest absolute Gasteiger partial charge is 0.393 e. The Hall–Kier alpha value is -6.61. The molecule has 0 unspecified atom stereocenters. The second-order valence-electron chi connectivity index (χ2n) is 16.5. The van der Waals surface area contributed by atoms with Gasteiger partial charge < -0.3 is 27.4 Å². The summed E-state index contributed by atoms with van der Waals surface area (Å²) in [6.45, 7) is 16.4. The fraction of sp³-hybridized carbons (Fsp3) is 0.404. The van der Waals surface area contributed by atoms with Crippen LogP contribution in [0.15, 0.2) is 76.5 Å². The molecule has 1 aromatic heterocycles. The van der Waals surface area contributed by atoms with Gasteiger partial charge in [-0.2, -0.15) is 21.0 Å². The number of aromatic nitrogens is 1. The van der Waals surface area contributed by atoms with Crippen LogP contribution in [0.4, 0.5) is 20.0 Å². The average Bonchev–Trinajstić information content (AvgIpc) is 3.71. The number of unbranched alkanes of at least 4 members (excludes halogenated alkanes) is 4. The molecule has 2 aliphatic heterocycles. The molecule has 5 rings (SSSR count). The van der Waals surface area contributed by atoms with Gasteiger partial charge in [0.2, 0.25) is 0 Å². The number of nitriles is 4. The van der Waals surface area contributed by atoms with Crippen molar-refractivity contribution < 1.29 is 13.1 Å². The van der Waals surface area contributed by atoms with E-state index >= 15 is 8.63 Å². The molecular weight excluding hydrogens is 785 g/mol. The first kappa shape index (κ1) is 47.4. The lowest BCUT2D eigenvalue weighted by Crippen LogP contribution is -2.51. The van der Waals surface area contributed by atoms with Crippen LogP contribution in [0.5, 0.6) is 0 Å². The van der Waals surface area contributed by atoms with Gasteiger partial charge in [-0.15, -0.1) is 0 Å². The summed E-state index contributed by atoms with van der Waals surface area (Å²) >= 11 is 0. The Morgan fingerprint density at radius 1 is 0.619 bits per heavy atom. The van der Waals surface area contributed by atoms with Crippen molar-refractivity contribution in [3.05, 3.63) is 110 Å². The lowest BCUT2D eigenvalue weighted by Gasteiger charge is -2.32. The highest BCUT2D eigenvalue weighted by atomic mass is 19.2. The topological polar surface area (TPSA) is 110 Å². The van der Waals surface area contributed by atoms with E-state index in [-0.39, 0.29) is 39.2 Å². The third kappa shape index (κ3) is 9.29. The van der Waals surface area contributed by atoms with Crippen molar-refractivity contribution in [1.29, 1.82) is 21.0 Å². The Morgan fingerprint density at radius 3 is 1.51 bits per heavy atom. The third-order valence-corrected chi connectivity index (χ3v) is 12.4. The summed E-state index contributed by atoms with van der Waals surface area (Å²) in [5.41, 5.74) is 6.03. The summed E-state index contributed by atoms with van der Waals surface area (Å²) in [5, 5.41) is 41.6. The number of hydrogen-bond donors (Lipinski definition) is 0. The largest absolute Gasteiger partial charge is 0.737 e. The van der Waals surface area contributed by atoms with Crippen molar-refractivity contribution in [3.8, 4) is 36.1 Å². The minimum Gasteiger partial charge on any atom is -0.393 e. The maximum atomic E-state index is 17.5. The van der Waals surface area contributed by atoms with E-state index in [4.69, 9.17) is 0 Å². The van der Waals surface area contributed by atoms with E-state index < -0.39 is 6.97 Å². The Labute approximate surface area is 374 Å². The lowest BCUT2D eigenvalue weighted by molar-refractivity contribution is -0.363. The SMILES string of the molecule is CCCCN(CCCC)c1ccc(C#CC2=C(C)C3=C(C)c4c(C)c(C(=C(C#N)C#N)C(=C(C#N)C#N)c5ccc(N(CCCC)CCCC)cc5)c(C)n4[B-](F)(F)[N+]3=C2C)cc1. The molecule has 0 radical (unpaired) electrons. The minimum atomic E-state index is -4.54. The van der Waals surface area contributed by atoms with Crippen LogP contribution in [0.1, 0.15) is 133 Å². The molecule has 0 bridgehead atoms. The molecule has 0 saturated carbocycles. The van der Waals surface area contributed by atoms with Gasteiger partial charge in [-0.25, -0.2) is 0 Å². The van der Waals surface area contributed by atoms with E-state index in [2.05, 4.69) is 61.5 Å². The predicted octanol–water partition coefficient (Wildman–Crippen LogP) is 12.0. The van der Waals surface area contributed by atoms with Crippen LogP contribution in [-0.4, -0.2) is 47.8 Å². The fourth-order valence-corrected chi connectivity index (χ4v) is 9.13. The van der Waals surface area contributed by atoms with Gasteiger partial charge in [0.05, 0.1) is 5.57 Å². The standard InChI is InChI=1S/C52H59BF2N8/c1-10-14-28-60(29-15-11-2)45-23-18-41(19-24-45)20-27-47-36(5)51-38(7)52-37(6)48(40(9)63(52)53(54,55)62(51)39(47)8)50(44(34-58)35-59)49(43(32-56)33-57)42-21-25-46(26-22-42)61(30-16-12-3)31-17-13-4/h18-19,21-26H,10-17,28-31H2,1-9H3. The molecule has 0 amide bonds. The van der Waals surface area contributed by atoms with Crippen LogP contribution < -0.4 is 9.80 Å². The fourth-order valence-electron chi connectivity index (χ4n) is 9.13. The van der Waals surface area contributed by atoms with Gasteiger partial charge in [0.25, 0.3) is 0 Å². The maximum absolute atomic E-state index is 17.5. The molecule has 3 heterocycles. The minimum absolute atomic E-state index is 0.0227. The Balaban J connectivity index is 1.66. The Kier molecular flexibility index (Phi) is 15.8. The van der Waals surface area contributed by atoms with E-state index in [9.17, 15) is 21.0 Å². The van der Waals surface area contributed by atoms with E-state index in [0.29, 0.717) is 39.3 Å². The number of rotatable bonds is 17. The second-order valence-corrected chi connectivity index (χ2v) is 16.5. The van der Waals surface area contributed by atoms with Crippen molar-refractivity contribution in [2.45, 2.75) is 114 Å². The van der Waals surface area contributed by atoms with Crippen molar-refractivity contribution >= 4 is 40.8 Å². The molecular formula is C52H59BF2N8. The van der Waals surface area contributed by atoms with Crippen LogP contribution >= 0.6 is 0 Å². The monoisotopic (exact) mass is 844 g/mol. The first-order valence-electron chi connectivity index (χ1n) is 22.4. The van der Waals surface area contributed by atoms with Gasteiger partial charge in [-0.3, -0.25) is 0 Å². The van der Waals surface area contributed by atoms with Crippen molar-refractivity contribution in [2.24, 2.45) is 0 Å². The van der Waals surface area contributed by atoms with Crippen LogP contribution in [0.3, 0.4) is 0 Å². The van der Waals surface area contributed by atoms with Crippen LogP contribution in [0.25, 0.3) is 16.7 Å². The number of benzene rings is 2. The quantitative estimate of drug-likeness (QED) is 0.0579. The van der Waals surface area contributed by atoms with Crippen molar-refractivity contribution in [1.82, 2.24) is 4.48 Å². The highest BCUT2D eigenvalue weighted by molar-refractivity contribution is 6.58. The summed E-state index contributed by atoms with van der Waals surface area (Å²) in [6.07, 6.45) is 8.55. The van der Waals surface area contributed by atoms with E-state index in [1.165, 1.54) is 0 Å². The molecule has 2 aromatic carbocycles. The second kappa shape index (κ2) is 21.0. The van der Waals surface area contributed by atoms with Crippen LogP contribution in [0.2, 0.25) is 0 Å². The van der Waals surface area contributed by atoms with Crippen molar-refractivity contribution in [2.75, 3.05) is 36.0 Å². The van der Waals surface area contributed by atoms with Gasteiger partial charge in [-0.1, -0.05) is 77.4 Å². The summed E-state index contributed by atoms with van der Waals surface area (Å²) < 4.78 is 37.2. The van der Waals surface area contributed by atoms with Gasteiger partial charge in [0.1, 0.15) is 41.1 Å². The molecule has 0 aliphatic carbocycles. The molecule has 0 spiro atoms. The molecule has 324 valence electrons. The third-order valence-electron chi connectivity index (χ3n) is 12.4. The molecule has 0 N–H and O–H groups in total. The van der Waals surface area contributed by atoms with Crippen molar-refractivity contribution in [3.63, 3.8) is 0 Å². The van der Waals surface area contributed by atoms with Gasteiger partial charge in [-0.05, 0) is 107 Å². The number of anilines is 2. The molecule has 8 nitrogen and oxygen atoms in total. The molecule has 0 atom stereocenters. The van der Waals surface area contributed by atoms with Crippen LogP contribution in [0, 0.1) is 71.0 Å². The zero-order chi connectivity index (χ0) is 46.0. The highest BCUT2D eigenvalue weighted by Gasteiger charge is 2.56. The Bertz CT molecular complexity index is 2590. The van der Waals surface area contributed by atoms with Gasteiger partial charge in [0.15, 0.2) is 5.70 Å². The molecule has 0 fully saturated rings. The van der Waals surface area contributed by atoms with E-state index in [1.807, 2.05) is 55.5 Å². The van der Waals surface area contributed by atoms with E-state index in [1.54, 1.807) is 39.8 Å². The number of nitrogens with zero attached hydrogens (tertiary/aromatic N) is 8. The summed E-state index contributed by atoms with van der Waals surface area (Å²) in [7, 11) is 0. The van der Waals surface area contributed by atoms with Gasteiger partial charge >= 0.3 is 6.97 Å². The molecule has 63 heavy (non-hydrogen) atoms. The molecule has 3 aromatic rings. The summed E-state index contributed by atoms with van der Waals surface area (Å²) in [5.74, 6) is 6.49. The maximum Gasteiger partial charge on any atom is 0.737 e. The summed E-state index contributed by atoms with van der Waals surface area (Å²) in [4.78, 5) is 4.71. The van der Waals surface area contributed by atoms with E-state index in [0.717, 1.165) is 103 Å². The number of halogens is 2. The molecule has 11 heteroatoms. The lowest BCUT2D eigenvalue weighted by atomic mass is 9.84. The number of fused-ring (bicyclic) bond motifs is 2. The predicted molar refractivity (Wildman–Crippen MR) is 254 cm³/mol. The normalized spacial score (nSPS) is 13.5. The molecule has 2 aliphatic rings. The first-order chi connectivity index (χ1) is 30.3. The highest BCUT2D eigenvalue weighted by Crippen LogP contribution is 2.48. The average molecular weight is 845 g/mol. The zero-order valence-corrected chi connectivity index (χ0v) is 38.5. The number of allylic oxidation sites excluding steroid dienone is 7. The molecule has 0 saturated heterocycles. The van der Waals surface area contributed by atoms with Gasteiger partial charge in [0, 0.05) is 83.6 Å². The first-order valence-corrected chi connectivity index (χ1v) is 22.4.